The molecule has 0 radical (unpaired) electrons. The van der Waals surface area contributed by atoms with Crippen LogP contribution in [0.1, 0.15) is 16.1 Å². The zero-order valence-corrected chi connectivity index (χ0v) is 13.0. The minimum Gasteiger partial charge on any atom is -0.477 e. The van der Waals surface area contributed by atoms with Crippen molar-refractivity contribution in [2.45, 2.75) is 6.92 Å². The predicted molar refractivity (Wildman–Crippen MR) is 92.1 cm³/mol. The summed E-state index contributed by atoms with van der Waals surface area (Å²) >= 11 is 0. The SMILES string of the molecule is Cc1cccc(-c2ncc3ccc(-c4ccc(C(=O)O)[nH]4)cn23)c1. The van der Waals surface area contributed by atoms with Gasteiger partial charge in [-0.2, -0.15) is 0 Å². The molecule has 4 aromatic rings. The molecular formula is C19H15N3O2. The summed E-state index contributed by atoms with van der Waals surface area (Å²) in [6.45, 7) is 2.05. The number of benzene rings is 1. The van der Waals surface area contributed by atoms with Gasteiger partial charge in [0.05, 0.1) is 11.7 Å². The van der Waals surface area contributed by atoms with E-state index in [1.54, 1.807) is 12.1 Å². The van der Waals surface area contributed by atoms with Crippen LogP contribution in [0.5, 0.6) is 0 Å². The molecule has 0 atom stereocenters. The van der Waals surface area contributed by atoms with Gasteiger partial charge in [0.1, 0.15) is 11.5 Å². The van der Waals surface area contributed by atoms with E-state index in [0.29, 0.717) is 0 Å². The van der Waals surface area contributed by atoms with Crippen LogP contribution in [0, 0.1) is 6.92 Å². The molecule has 0 fully saturated rings. The van der Waals surface area contributed by atoms with E-state index >= 15 is 0 Å². The van der Waals surface area contributed by atoms with Gasteiger partial charge in [0.15, 0.2) is 0 Å². The molecule has 0 unspecified atom stereocenters. The number of fused-ring (bicyclic) bond motifs is 1. The number of aryl methyl sites for hydroxylation is 1. The number of carbonyl (C=O) groups is 1. The Labute approximate surface area is 138 Å². The zero-order valence-electron chi connectivity index (χ0n) is 13.0. The van der Waals surface area contributed by atoms with Crippen molar-refractivity contribution >= 4 is 11.5 Å². The summed E-state index contributed by atoms with van der Waals surface area (Å²) in [5.41, 5.74) is 5.05. The standard InChI is InChI=1S/C19H15N3O2/c1-12-3-2-4-13(9-12)18-20-10-15-6-5-14(11-22(15)18)16-7-8-17(21-16)19(23)24/h2-11,21H,1H3,(H,23,24). The fraction of sp³-hybridized carbons (Fsp3) is 0.0526. The molecule has 0 amide bonds. The Balaban J connectivity index is 1.85. The van der Waals surface area contributed by atoms with Gasteiger partial charge in [-0.25, -0.2) is 9.78 Å². The maximum Gasteiger partial charge on any atom is 0.352 e. The molecule has 3 aromatic heterocycles. The van der Waals surface area contributed by atoms with E-state index in [0.717, 1.165) is 28.2 Å². The maximum atomic E-state index is 11.0. The second-order valence-electron chi connectivity index (χ2n) is 5.75. The van der Waals surface area contributed by atoms with Gasteiger partial charge in [-0.1, -0.05) is 23.8 Å². The van der Waals surface area contributed by atoms with Gasteiger partial charge in [-0.15, -0.1) is 0 Å². The number of aromatic nitrogens is 3. The summed E-state index contributed by atoms with van der Waals surface area (Å²) in [5, 5.41) is 9.06. The van der Waals surface area contributed by atoms with E-state index in [1.165, 1.54) is 5.56 Å². The lowest BCUT2D eigenvalue weighted by Crippen LogP contribution is -1.96. The largest absolute Gasteiger partial charge is 0.477 e. The highest BCUT2D eigenvalue weighted by molar-refractivity contribution is 5.87. The number of aromatic carboxylic acids is 1. The molecular weight excluding hydrogens is 302 g/mol. The third-order valence-corrected chi connectivity index (χ3v) is 4.03. The van der Waals surface area contributed by atoms with E-state index in [2.05, 4.69) is 29.0 Å². The molecule has 5 heteroatoms. The summed E-state index contributed by atoms with van der Waals surface area (Å²) in [5.74, 6) is -0.106. The van der Waals surface area contributed by atoms with Crippen LogP contribution in [0.4, 0.5) is 0 Å². The first-order valence-corrected chi connectivity index (χ1v) is 7.59. The summed E-state index contributed by atoms with van der Waals surface area (Å²) in [4.78, 5) is 18.5. The topological polar surface area (TPSA) is 70.4 Å². The molecule has 4 rings (SSSR count). The Bertz CT molecular complexity index is 1060. The molecule has 0 spiro atoms. The lowest BCUT2D eigenvalue weighted by atomic mass is 10.1. The first kappa shape index (κ1) is 14.3. The smallest absolute Gasteiger partial charge is 0.352 e. The second-order valence-corrected chi connectivity index (χ2v) is 5.75. The van der Waals surface area contributed by atoms with Crippen molar-refractivity contribution in [3.63, 3.8) is 0 Å². The predicted octanol–water partition coefficient (Wildman–Crippen LogP) is 4.00. The number of rotatable bonds is 3. The Morgan fingerprint density at radius 3 is 2.75 bits per heavy atom. The molecule has 24 heavy (non-hydrogen) atoms. The molecule has 0 bridgehead atoms. The molecule has 2 N–H and O–H groups in total. The lowest BCUT2D eigenvalue weighted by molar-refractivity contribution is 0.0691. The molecule has 5 nitrogen and oxygen atoms in total. The molecule has 0 saturated heterocycles. The van der Waals surface area contributed by atoms with Crippen LogP contribution < -0.4 is 0 Å². The third kappa shape index (κ3) is 2.36. The zero-order chi connectivity index (χ0) is 16.7. The highest BCUT2D eigenvalue weighted by Gasteiger charge is 2.10. The van der Waals surface area contributed by atoms with Crippen molar-refractivity contribution in [2.24, 2.45) is 0 Å². The van der Waals surface area contributed by atoms with Crippen molar-refractivity contribution < 1.29 is 9.90 Å². The highest BCUT2D eigenvalue weighted by atomic mass is 16.4. The molecule has 3 heterocycles. The number of hydrogen-bond donors (Lipinski definition) is 2. The summed E-state index contributed by atoms with van der Waals surface area (Å²) in [7, 11) is 0. The second kappa shape index (κ2) is 5.38. The van der Waals surface area contributed by atoms with E-state index in [9.17, 15) is 4.79 Å². The lowest BCUT2D eigenvalue weighted by Gasteiger charge is -2.05. The van der Waals surface area contributed by atoms with Crippen molar-refractivity contribution in [2.75, 3.05) is 0 Å². The average Bonchev–Trinajstić information content (AvgIpc) is 3.21. The van der Waals surface area contributed by atoms with Gasteiger partial charge < -0.3 is 10.1 Å². The van der Waals surface area contributed by atoms with Gasteiger partial charge in [-0.3, -0.25) is 4.40 Å². The summed E-state index contributed by atoms with van der Waals surface area (Å²) in [6.07, 6.45) is 3.80. The van der Waals surface area contributed by atoms with Gasteiger partial charge in [0, 0.05) is 23.0 Å². The van der Waals surface area contributed by atoms with E-state index in [-0.39, 0.29) is 5.69 Å². The van der Waals surface area contributed by atoms with Crippen LogP contribution in [0.15, 0.2) is 60.9 Å². The number of hydrogen-bond acceptors (Lipinski definition) is 2. The minimum atomic E-state index is -0.967. The number of carboxylic acids is 1. The minimum absolute atomic E-state index is 0.176. The van der Waals surface area contributed by atoms with Crippen LogP contribution in [-0.2, 0) is 0 Å². The van der Waals surface area contributed by atoms with Crippen LogP contribution in [0.3, 0.4) is 0 Å². The Kier molecular flexibility index (Phi) is 3.20. The fourth-order valence-electron chi connectivity index (χ4n) is 2.84. The van der Waals surface area contributed by atoms with E-state index in [4.69, 9.17) is 5.11 Å². The molecule has 0 aliphatic carbocycles. The van der Waals surface area contributed by atoms with Crippen molar-refractivity contribution in [3.8, 4) is 22.6 Å². The fourth-order valence-corrected chi connectivity index (χ4v) is 2.84. The maximum absolute atomic E-state index is 11.0. The number of carboxylic acid groups (broad SMARTS) is 1. The van der Waals surface area contributed by atoms with Gasteiger partial charge in [-0.05, 0) is 37.3 Å². The van der Waals surface area contributed by atoms with Crippen LogP contribution >= 0.6 is 0 Å². The normalized spacial score (nSPS) is 11.0. The average molecular weight is 317 g/mol. The van der Waals surface area contributed by atoms with E-state index < -0.39 is 5.97 Å². The van der Waals surface area contributed by atoms with Crippen molar-refractivity contribution in [1.29, 1.82) is 0 Å². The Morgan fingerprint density at radius 1 is 1.12 bits per heavy atom. The quantitative estimate of drug-likeness (QED) is 0.600. The van der Waals surface area contributed by atoms with Gasteiger partial charge >= 0.3 is 5.97 Å². The molecule has 0 saturated carbocycles. The Hall–Kier alpha value is -3.34. The van der Waals surface area contributed by atoms with Crippen molar-refractivity contribution in [3.05, 3.63) is 72.2 Å². The number of H-pyrrole nitrogens is 1. The number of aromatic amines is 1. The van der Waals surface area contributed by atoms with Gasteiger partial charge in [0.25, 0.3) is 0 Å². The third-order valence-electron chi connectivity index (χ3n) is 4.03. The number of nitrogens with zero attached hydrogens (tertiary/aromatic N) is 2. The van der Waals surface area contributed by atoms with Gasteiger partial charge in [0.2, 0.25) is 0 Å². The summed E-state index contributed by atoms with van der Waals surface area (Å²) in [6, 6.07) is 15.5. The van der Waals surface area contributed by atoms with Crippen molar-refractivity contribution in [1.82, 2.24) is 14.4 Å². The monoisotopic (exact) mass is 317 g/mol. The molecule has 0 aliphatic rings. The number of nitrogens with one attached hydrogen (secondary N) is 1. The van der Waals surface area contributed by atoms with Crippen LogP contribution in [0.2, 0.25) is 0 Å². The number of imidazole rings is 1. The van der Waals surface area contributed by atoms with E-state index in [1.807, 2.05) is 41.1 Å². The first-order chi connectivity index (χ1) is 11.6. The molecule has 1 aromatic carbocycles. The first-order valence-electron chi connectivity index (χ1n) is 7.59. The van der Waals surface area contributed by atoms with Crippen LogP contribution in [-0.4, -0.2) is 25.4 Å². The number of pyridine rings is 1. The van der Waals surface area contributed by atoms with Crippen LogP contribution in [0.25, 0.3) is 28.2 Å². The Morgan fingerprint density at radius 2 is 2.00 bits per heavy atom. The molecule has 118 valence electrons. The highest BCUT2D eigenvalue weighted by Crippen LogP contribution is 2.25. The summed E-state index contributed by atoms with van der Waals surface area (Å²) < 4.78 is 2.02. The molecule has 0 aliphatic heterocycles.